The van der Waals surface area contributed by atoms with Crippen LogP contribution in [0.5, 0.6) is 0 Å². The van der Waals surface area contributed by atoms with Crippen LogP contribution in [0.1, 0.15) is 65.7 Å². The minimum atomic E-state index is -0.242. The topological polar surface area (TPSA) is 64.2 Å². The van der Waals surface area contributed by atoms with Gasteiger partial charge >= 0.3 is 0 Å². The molecule has 1 fully saturated rings. The van der Waals surface area contributed by atoms with Crippen molar-refractivity contribution in [2.24, 2.45) is 7.05 Å². The Morgan fingerprint density at radius 2 is 1.96 bits per heavy atom. The zero-order chi connectivity index (χ0) is 17.6. The highest BCUT2D eigenvalue weighted by molar-refractivity contribution is 5.84. The van der Waals surface area contributed by atoms with Gasteiger partial charge in [-0.05, 0) is 47.5 Å². The summed E-state index contributed by atoms with van der Waals surface area (Å²) in [5.74, 6) is 0.640. The highest BCUT2D eigenvalue weighted by Crippen LogP contribution is 2.38. The molecule has 24 heavy (non-hydrogen) atoms. The number of amides is 1. The Bertz CT molecular complexity index is 755. The van der Waals surface area contributed by atoms with Crippen molar-refractivity contribution < 1.29 is 9.32 Å². The predicted octanol–water partition coefficient (Wildman–Crippen LogP) is 3.11. The van der Waals surface area contributed by atoms with Crippen LogP contribution in [0.2, 0.25) is 0 Å². The van der Waals surface area contributed by atoms with Crippen LogP contribution in [-0.4, -0.2) is 32.3 Å². The lowest BCUT2D eigenvalue weighted by molar-refractivity contribution is -0.133. The average molecular weight is 330 g/mol. The maximum atomic E-state index is 13.2. The van der Waals surface area contributed by atoms with Crippen molar-refractivity contribution in [1.82, 2.24) is 19.8 Å². The van der Waals surface area contributed by atoms with E-state index in [1.807, 2.05) is 44.3 Å². The SMILES string of the molecule is Cc1noc(C)c1[C@@H](C)C(=O)N1CCC[C@H]1c1c(C)nn(C)c1C. The third-order valence-electron chi connectivity index (χ3n) is 5.33. The van der Waals surface area contributed by atoms with Gasteiger partial charge in [-0.2, -0.15) is 5.10 Å². The molecule has 6 heteroatoms. The second kappa shape index (κ2) is 6.07. The van der Waals surface area contributed by atoms with Gasteiger partial charge < -0.3 is 9.42 Å². The van der Waals surface area contributed by atoms with Crippen molar-refractivity contribution in [1.29, 1.82) is 0 Å². The minimum absolute atomic E-state index is 0.120. The lowest BCUT2D eigenvalue weighted by Crippen LogP contribution is -2.34. The quantitative estimate of drug-likeness (QED) is 0.867. The van der Waals surface area contributed by atoms with E-state index in [9.17, 15) is 4.79 Å². The van der Waals surface area contributed by atoms with E-state index in [1.165, 1.54) is 5.56 Å². The molecule has 2 aromatic rings. The molecule has 1 amide bonds. The number of aryl methyl sites for hydroxylation is 4. The van der Waals surface area contributed by atoms with Crippen LogP contribution in [0, 0.1) is 27.7 Å². The highest BCUT2D eigenvalue weighted by atomic mass is 16.5. The van der Waals surface area contributed by atoms with Crippen LogP contribution in [0.4, 0.5) is 0 Å². The van der Waals surface area contributed by atoms with Crippen LogP contribution in [-0.2, 0) is 11.8 Å². The zero-order valence-electron chi connectivity index (χ0n) is 15.4. The van der Waals surface area contributed by atoms with Gasteiger partial charge in [-0.25, -0.2) is 0 Å². The Morgan fingerprint density at radius 1 is 1.25 bits per heavy atom. The van der Waals surface area contributed by atoms with E-state index in [0.717, 1.165) is 47.8 Å². The van der Waals surface area contributed by atoms with Crippen molar-refractivity contribution in [3.8, 4) is 0 Å². The van der Waals surface area contributed by atoms with Gasteiger partial charge in [0.15, 0.2) is 0 Å². The first-order valence-electron chi connectivity index (χ1n) is 8.56. The average Bonchev–Trinajstić information content (AvgIpc) is 3.18. The molecular formula is C18H26N4O2. The maximum absolute atomic E-state index is 13.2. The van der Waals surface area contributed by atoms with E-state index >= 15 is 0 Å². The fraction of sp³-hybridized carbons (Fsp3) is 0.611. The second-order valence-corrected chi connectivity index (χ2v) is 6.86. The zero-order valence-corrected chi connectivity index (χ0v) is 15.4. The smallest absolute Gasteiger partial charge is 0.230 e. The van der Waals surface area contributed by atoms with Gasteiger partial charge in [0.05, 0.1) is 23.3 Å². The van der Waals surface area contributed by atoms with Gasteiger partial charge in [-0.3, -0.25) is 9.48 Å². The number of hydrogen-bond acceptors (Lipinski definition) is 4. The van der Waals surface area contributed by atoms with Gasteiger partial charge in [-0.1, -0.05) is 5.16 Å². The summed E-state index contributed by atoms with van der Waals surface area (Å²) in [6.07, 6.45) is 2.02. The summed E-state index contributed by atoms with van der Waals surface area (Å²) in [6.45, 7) is 10.6. The molecule has 1 aliphatic heterocycles. The molecule has 130 valence electrons. The molecule has 0 aliphatic carbocycles. The molecular weight excluding hydrogens is 304 g/mol. The number of carbonyl (C=O) groups excluding carboxylic acids is 1. The first kappa shape index (κ1) is 16.7. The Hall–Kier alpha value is -2.11. The summed E-state index contributed by atoms with van der Waals surface area (Å²) < 4.78 is 7.15. The molecule has 2 atom stereocenters. The highest BCUT2D eigenvalue weighted by Gasteiger charge is 2.36. The molecule has 2 aromatic heterocycles. The summed E-state index contributed by atoms with van der Waals surface area (Å²) in [7, 11) is 1.96. The number of carbonyl (C=O) groups is 1. The number of nitrogens with zero attached hydrogens (tertiary/aromatic N) is 4. The maximum Gasteiger partial charge on any atom is 0.230 e. The number of likely N-dealkylation sites (tertiary alicyclic amines) is 1. The predicted molar refractivity (Wildman–Crippen MR) is 90.8 cm³/mol. The van der Waals surface area contributed by atoms with Gasteiger partial charge in [0.1, 0.15) is 5.76 Å². The third-order valence-corrected chi connectivity index (χ3v) is 5.33. The van der Waals surface area contributed by atoms with Crippen LogP contribution >= 0.6 is 0 Å². The summed E-state index contributed by atoms with van der Waals surface area (Å²) in [4.78, 5) is 15.2. The molecule has 0 bridgehead atoms. The summed E-state index contributed by atoms with van der Waals surface area (Å²) in [6, 6.07) is 0.120. The van der Waals surface area contributed by atoms with Gasteiger partial charge in [0, 0.05) is 30.4 Å². The van der Waals surface area contributed by atoms with E-state index in [1.54, 1.807) is 0 Å². The first-order valence-corrected chi connectivity index (χ1v) is 8.56. The summed E-state index contributed by atoms with van der Waals surface area (Å²) in [5, 5.41) is 8.52. The van der Waals surface area contributed by atoms with Crippen LogP contribution in [0.3, 0.4) is 0 Å². The van der Waals surface area contributed by atoms with Crippen molar-refractivity contribution in [3.63, 3.8) is 0 Å². The van der Waals surface area contributed by atoms with E-state index in [2.05, 4.69) is 17.2 Å². The molecule has 0 radical (unpaired) electrons. The number of rotatable bonds is 3. The molecule has 6 nitrogen and oxygen atoms in total. The molecule has 0 spiro atoms. The number of hydrogen-bond donors (Lipinski definition) is 0. The second-order valence-electron chi connectivity index (χ2n) is 6.86. The largest absolute Gasteiger partial charge is 0.361 e. The normalized spacial score (nSPS) is 19.1. The van der Waals surface area contributed by atoms with Gasteiger partial charge in [-0.15, -0.1) is 0 Å². The van der Waals surface area contributed by atoms with Gasteiger partial charge in [0.25, 0.3) is 0 Å². The van der Waals surface area contributed by atoms with E-state index in [-0.39, 0.29) is 17.9 Å². The monoisotopic (exact) mass is 330 g/mol. The van der Waals surface area contributed by atoms with Crippen LogP contribution < -0.4 is 0 Å². The third kappa shape index (κ3) is 2.54. The molecule has 0 unspecified atom stereocenters. The Labute approximate surface area is 142 Å². The minimum Gasteiger partial charge on any atom is -0.361 e. The molecule has 0 N–H and O–H groups in total. The molecule has 0 aromatic carbocycles. The fourth-order valence-electron chi connectivity index (χ4n) is 4.08. The van der Waals surface area contributed by atoms with E-state index in [4.69, 9.17) is 4.52 Å². The molecule has 0 saturated carbocycles. The van der Waals surface area contributed by atoms with Crippen molar-refractivity contribution >= 4 is 5.91 Å². The van der Waals surface area contributed by atoms with Crippen molar-refractivity contribution in [3.05, 3.63) is 34.0 Å². The van der Waals surface area contributed by atoms with E-state index < -0.39 is 0 Å². The Balaban J connectivity index is 1.92. The van der Waals surface area contributed by atoms with Crippen molar-refractivity contribution in [2.75, 3.05) is 6.54 Å². The summed E-state index contributed by atoms with van der Waals surface area (Å²) in [5.41, 5.74) is 5.09. The summed E-state index contributed by atoms with van der Waals surface area (Å²) >= 11 is 0. The van der Waals surface area contributed by atoms with E-state index in [0.29, 0.717) is 0 Å². The Morgan fingerprint density at radius 3 is 2.50 bits per heavy atom. The first-order chi connectivity index (χ1) is 11.3. The fourth-order valence-corrected chi connectivity index (χ4v) is 4.08. The molecule has 3 heterocycles. The van der Waals surface area contributed by atoms with Crippen LogP contribution in [0.15, 0.2) is 4.52 Å². The van der Waals surface area contributed by atoms with Gasteiger partial charge in [0.2, 0.25) is 5.91 Å². The molecule has 1 saturated heterocycles. The standard InChI is InChI=1S/C18H26N4O2/c1-10(16-12(3)20-24-14(16)5)18(23)22-9-7-8-15(22)17-11(2)19-21(6)13(17)4/h10,15H,7-9H2,1-6H3/t10-,15+/m1/s1. The van der Waals surface area contributed by atoms with Crippen molar-refractivity contribution in [2.45, 2.75) is 59.4 Å². The number of aromatic nitrogens is 3. The van der Waals surface area contributed by atoms with Crippen LogP contribution in [0.25, 0.3) is 0 Å². The molecule has 3 rings (SSSR count). The Kier molecular flexibility index (Phi) is 4.24. The lowest BCUT2D eigenvalue weighted by Gasteiger charge is -2.28. The lowest BCUT2D eigenvalue weighted by atomic mass is 9.96. The molecule has 1 aliphatic rings.